The van der Waals surface area contributed by atoms with Crippen molar-refractivity contribution in [3.63, 3.8) is 0 Å². The number of aryl methyl sites for hydroxylation is 3. The Bertz CT molecular complexity index is 848. The highest BCUT2D eigenvalue weighted by molar-refractivity contribution is 5.84. The lowest BCUT2D eigenvalue weighted by Gasteiger charge is -2.25. The Balaban J connectivity index is 1.67. The van der Waals surface area contributed by atoms with Gasteiger partial charge in [-0.05, 0) is 57.0 Å². The molecule has 0 saturated carbocycles. The van der Waals surface area contributed by atoms with Gasteiger partial charge in [0.25, 0.3) is 5.91 Å². The molecule has 1 aliphatic rings. The summed E-state index contributed by atoms with van der Waals surface area (Å²) in [4.78, 5) is 14.1. The second-order valence-electron chi connectivity index (χ2n) is 7.11. The number of rotatable bonds is 5. The first-order valence-corrected chi connectivity index (χ1v) is 9.34. The zero-order chi connectivity index (χ0) is 19.4. The van der Waals surface area contributed by atoms with Crippen LogP contribution in [0.15, 0.2) is 29.4 Å². The van der Waals surface area contributed by atoms with Crippen LogP contribution in [0.1, 0.15) is 28.1 Å². The predicted molar refractivity (Wildman–Crippen MR) is 108 cm³/mol. The number of hydrogen-bond acceptors (Lipinski definition) is 4. The Kier molecular flexibility index (Phi) is 6.08. The number of benzene rings is 1. The Labute approximate surface area is 160 Å². The molecular weight excluding hydrogens is 340 g/mol. The van der Waals surface area contributed by atoms with E-state index in [1.54, 1.807) is 6.21 Å². The number of nitrogens with one attached hydrogen (secondary N) is 1. The number of morpholine rings is 1. The Morgan fingerprint density at radius 2 is 1.89 bits per heavy atom. The molecule has 1 aromatic heterocycles. The molecular formula is C21H28N4O2. The fourth-order valence-electron chi connectivity index (χ4n) is 3.35. The zero-order valence-electron chi connectivity index (χ0n) is 16.6. The van der Waals surface area contributed by atoms with Crippen molar-refractivity contribution < 1.29 is 9.53 Å². The molecule has 1 aliphatic heterocycles. The van der Waals surface area contributed by atoms with Crippen LogP contribution in [0.25, 0.3) is 5.69 Å². The highest BCUT2D eigenvalue weighted by atomic mass is 16.5. The molecule has 6 heteroatoms. The van der Waals surface area contributed by atoms with Gasteiger partial charge in [0.2, 0.25) is 0 Å². The van der Waals surface area contributed by atoms with E-state index in [1.165, 1.54) is 11.1 Å². The van der Waals surface area contributed by atoms with Gasteiger partial charge in [-0.3, -0.25) is 9.69 Å². The molecule has 6 nitrogen and oxygen atoms in total. The van der Waals surface area contributed by atoms with Crippen LogP contribution in [0, 0.1) is 27.7 Å². The smallest absolute Gasteiger partial charge is 0.254 e. The topological polar surface area (TPSA) is 58.9 Å². The number of nitrogens with zero attached hydrogens (tertiary/aromatic N) is 3. The van der Waals surface area contributed by atoms with Gasteiger partial charge in [0.1, 0.15) is 0 Å². The standard InChI is InChI=1S/C21H28N4O2/c1-15-5-6-20(11-16(15)2)25-17(3)12-19(18(25)4)13-22-23-21(26)14-24-7-9-27-10-8-24/h5-6,11-13H,7-10,14H2,1-4H3,(H,23,26)/b22-13+. The van der Waals surface area contributed by atoms with E-state index in [2.05, 4.69) is 72.0 Å². The lowest BCUT2D eigenvalue weighted by molar-refractivity contribution is -0.123. The van der Waals surface area contributed by atoms with E-state index in [9.17, 15) is 4.79 Å². The van der Waals surface area contributed by atoms with Crippen LogP contribution in [-0.4, -0.2) is 54.4 Å². The third kappa shape index (κ3) is 4.64. The SMILES string of the molecule is Cc1ccc(-n2c(C)cc(/C=N/NC(=O)CN3CCOCC3)c2C)cc1C. The second kappa shape index (κ2) is 8.50. The molecule has 2 aromatic rings. The number of amides is 1. The summed E-state index contributed by atoms with van der Waals surface area (Å²) in [5.74, 6) is -0.101. The van der Waals surface area contributed by atoms with Crippen molar-refractivity contribution in [2.75, 3.05) is 32.8 Å². The molecule has 1 aromatic carbocycles. The number of hydrogen-bond donors (Lipinski definition) is 1. The lowest BCUT2D eigenvalue weighted by atomic mass is 10.1. The molecule has 0 spiro atoms. The maximum atomic E-state index is 12.0. The average molecular weight is 368 g/mol. The van der Waals surface area contributed by atoms with Crippen LogP contribution in [0.2, 0.25) is 0 Å². The van der Waals surface area contributed by atoms with E-state index in [0.717, 1.165) is 35.7 Å². The molecule has 1 N–H and O–H groups in total. The summed E-state index contributed by atoms with van der Waals surface area (Å²) in [5, 5.41) is 4.15. The third-order valence-corrected chi connectivity index (χ3v) is 5.08. The van der Waals surface area contributed by atoms with E-state index in [0.29, 0.717) is 19.8 Å². The minimum absolute atomic E-state index is 0.101. The van der Waals surface area contributed by atoms with Gasteiger partial charge in [-0.2, -0.15) is 5.10 Å². The van der Waals surface area contributed by atoms with E-state index in [-0.39, 0.29) is 5.91 Å². The summed E-state index contributed by atoms with van der Waals surface area (Å²) in [6.07, 6.45) is 1.72. The summed E-state index contributed by atoms with van der Waals surface area (Å²) in [6, 6.07) is 8.55. The van der Waals surface area contributed by atoms with E-state index >= 15 is 0 Å². The second-order valence-corrected chi connectivity index (χ2v) is 7.11. The molecule has 1 saturated heterocycles. The highest BCUT2D eigenvalue weighted by Gasteiger charge is 2.14. The van der Waals surface area contributed by atoms with Crippen LogP contribution < -0.4 is 5.43 Å². The molecule has 0 atom stereocenters. The summed E-state index contributed by atoms with van der Waals surface area (Å²) < 4.78 is 7.50. The van der Waals surface area contributed by atoms with Crippen molar-refractivity contribution in [1.29, 1.82) is 0 Å². The molecule has 0 unspecified atom stereocenters. The molecule has 0 radical (unpaired) electrons. The highest BCUT2D eigenvalue weighted by Crippen LogP contribution is 2.21. The Hall–Kier alpha value is -2.44. The molecule has 27 heavy (non-hydrogen) atoms. The van der Waals surface area contributed by atoms with E-state index in [4.69, 9.17) is 4.74 Å². The van der Waals surface area contributed by atoms with Crippen molar-refractivity contribution in [3.8, 4) is 5.69 Å². The van der Waals surface area contributed by atoms with Gasteiger partial charge in [0.15, 0.2) is 0 Å². The summed E-state index contributed by atoms with van der Waals surface area (Å²) in [5.41, 5.74) is 9.56. The lowest BCUT2D eigenvalue weighted by Crippen LogP contribution is -2.42. The predicted octanol–water partition coefficient (Wildman–Crippen LogP) is 2.49. The fraction of sp³-hybridized carbons (Fsp3) is 0.429. The number of carbonyl (C=O) groups excluding carboxylic acids is 1. The number of hydrazone groups is 1. The molecule has 0 bridgehead atoms. The summed E-state index contributed by atoms with van der Waals surface area (Å²) in [6.45, 7) is 11.7. The first kappa shape index (κ1) is 19.3. The van der Waals surface area contributed by atoms with Crippen molar-refractivity contribution >= 4 is 12.1 Å². The van der Waals surface area contributed by atoms with Crippen molar-refractivity contribution in [1.82, 2.24) is 14.9 Å². The van der Waals surface area contributed by atoms with E-state index < -0.39 is 0 Å². The van der Waals surface area contributed by atoms with Gasteiger partial charge in [-0.1, -0.05) is 6.07 Å². The quantitative estimate of drug-likeness (QED) is 0.652. The van der Waals surface area contributed by atoms with Crippen molar-refractivity contribution in [2.24, 2.45) is 5.10 Å². The molecule has 3 rings (SSSR count). The van der Waals surface area contributed by atoms with Gasteiger partial charge in [-0.15, -0.1) is 0 Å². The molecule has 2 heterocycles. The Morgan fingerprint density at radius 1 is 1.15 bits per heavy atom. The molecule has 1 amide bonds. The minimum atomic E-state index is -0.101. The monoisotopic (exact) mass is 368 g/mol. The fourth-order valence-corrected chi connectivity index (χ4v) is 3.35. The van der Waals surface area contributed by atoms with Gasteiger partial charge in [0.05, 0.1) is 26.0 Å². The zero-order valence-corrected chi connectivity index (χ0v) is 16.6. The summed E-state index contributed by atoms with van der Waals surface area (Å²) >= 11 is 0. The minimum Gasteiger partial charge on any atom is -0.379 e. The normalized spacial score (nSPS) is 15.4. The van der Waals surface area contributed by atoms with Crippen LogP contribution >= 0.6 is 0 Å². The van der Waals surface area contributed by atoms with Crippen molar-refractivity contribution in [2.45, 2.75) is 27.7 Å². The number of ether oxygens (including phenoxy) is 1. The maximum Gasteiger partial charge on any atom is 0.254 e. The van der Waals surface area contributed by atoms with Crippen LogP contribution in [0.3, 0.4) is 0 Å². The Morgan fingerprint density at radius 3 is 2.59 bits per heavy atom. The van der Waals surface area contributed by atoms with Gasteiger partial charge >= 0.3 is 0 Å². The molecule has 144 valence electrons. The average Bonchev–Trinajstić information content (AvgIpc) is 2.92. The first-order valence-electron chi connectivity index (χ1n) is 9.34. The van der Waals surface area contributed by atoms with Crippen LogP contribution in [0.4, 0.5) is 0 Å². The molecule has 0 aliphatic carbocycles. The third-order valence-electron chi connectivity index (χ3n) is 5.08. The molecule has 1 fully saturated rings. The largest absolute Gasteiger partial charge is 0.379 e. The van der Waals surface area contributed by atoms with Gasteiger partial charge in [-0.25, -0.2) is 5.43 Å². The number of carbonyl (C=O) groups is 1. The summed E-state index contributed by atoms with van der Waals surface area (Å²) in [7, 11) is 0. The van der Waals surface area contributed by atoms with Crippen molar-refractivity contribution in [3.05, 3.63) is 52.3 Å². The van der Waals surface area contributed by atoms with Crippen LogP contribution in [0.5, 0.6) is 0 Å². The van der Waals surface area contributed by atoms with Gasteiger partial charge in [0, 0.05) is 35.7 Å². The number of aromatic nitrogens is 1. The van der Waals surface area contributed by atoms with E-state index in [1.807, 2.05) is 0 Å². The maximum absolute atomic E-state index is 12.0. The van der Waals surface area contributed by atoms with Gasteiger partial charge < -0.3 is 9.30 Å². The van der Waals surface area contributed by atoms with Crippen LogP contribution in [-0.2, 0) is 9.53 Å². The first-order chi connectivity index (χ1) is 13.0.